The number of rotatable bonds is 5. The fourth-order valence-electron chi connectivity index (χ4n) is 2.31. The first-order valence-corrected chi connectivity index (χ1v) is 7.52. The molecule has 2 heterocycles. The first kappa shape index (κ1) is 14.3. The average molecular weight is 325 g/mol. The van der Waals surface area contributed by atoms with E-state index in [-0.39, 0.29) is 6.04 Å². The Kier molecular flexibility index (Phi) is 4.47. The lowest BCUT2D eigenvalue weighted by atomic mass is 10.2. The van der Waals surface area contributed by atoms with Gasteiger partial charge in [-0.05, 0) is 48.3 Å². The zero-order chi connectivity index (χ0) is 14.0. The molecule has 0 aliphatic rings. The number of hydrogen-bond donors (Lipinski definition) is 1. The molecular formula is C14H21BrN4. The van der Waals surface area contributed by atoms with Gasteiger partial charge in [-0.15, -0.1) is 0 Å². The van der Waals surface area contributed by atoms with Crippen molar-refractivity contribution in [2.45, 2.75) is 46.3 Å². The van der Waals surface area contributed by atoms with Crippen molar-refractivity contribution in [3.63, 3.8) is 0 Å². The van der Waals surface area contributed by atoms with Gasteiger partial charge in [-0.1, -0.05) is 6.92 Å². The number of halogens is 1. The van der Waals surface area contributed by atoms with Gasteiger partial charge in [0.1, 0.15) is 0 Å². The van der Waals surface area contributed by atoms with Crippen molar-refractivity contribution < 1.29 is 0 Å². The summed E-state index contributed by atoms with van der Waals surface area (Å²) in [6, 6.07) is 4.16. The summed E-state index contributed by atoms with van der Waals surface area (Å²) < 4.78 is 5.38. The quantitative estimate of drug-likeness (QED) is 0.918. The highest BCUT2D eigenvalue weighted by molar-refractivity contribution is 9.10. The van der Waals surface area contributed by atoms with Gasteiger partial charge in [0, 0.05) is 24.5 Å². The molecule has 4 nitrogen and oxygen atoms in total. The maximum atomic E-state index is 6.00. The van der Waals surface area contributed by atoms with Crippen LogP contribution in [0.3, 0.4) is 0 Å². The molecular weight excluding hydrogens is 304 g/mol. The summed E-state index contributed by atoms with van der Waals surface area (Å²) in [7, 11) is 0. The van der Waals surface area contributed by atoms with E-state index < -0.39 is 0 Å². The second-order valence-electron chi connectivity index (χ2n) is 4.73. The minimum atomic E-state index is 0.0393. The number of nitrogens with two attached hydrogens (primary N) is 1. The lowest BCUT2D eigenvalue weighted by molar-refractivity contribution is 0.580. The number of aromatic nitrogens is 3. The normalized spacial score (nSPS) is 12.9. The number of nitrogens with zero attached hydrogens (tertiary/aromatic N) is 3. The Morgan fingerprint density at radius 2 is 2.16 bits per heavy atom. The minimum Gasteiger partial charge on any atom is -0.344 e. The van der Waals surface area contributed by atoms with Crippen molar-refractivity contribution in [2.24, 2.45) is 5.73 Å². The van der Waals surface area contributed by atoms with Gasteiger partial charge in [0.15, 0.2) is 0 Å². The topological polar surface area (TPSA) is 48.8 Å². The molecule has 0 saturated carbocycles. The van der Waals surface area contributed by atoms with Crippen LogP contribution in [0.15, 0.2) is 22.8 Å². The van der Waals surface area contributed by atoms with Crippen LogP contribution in [0, 0.1) is 0 Å². The van der Waals surface area contributed by atoms with Gasteiger partial charge in [0.05, 0.1) is 22.4 Å². The Morgan fingerprint density at radius 3 is 2.74 bits per heavy atom. The molecule has 0 saturated heterocycles. The summed E-state index contributed by atoms with van der Waals surface area (Å²) in [5, 5.41) is 4.63. The van der Waals surface area contributed by atoms with Crippen LogP contribution in [-0.4, -0.2) is 14.3 Å². The molecule has 1 atom stereocenters. The third-order valence-electron chi connectivity index (χ3n) is 3.35. The third kappa shape index (κ3) is 2.77. The Balaban J connectivity index is 2.37. The maximum absolute atomic E-state index is 6.00. The Morgan fingerprint density at radius 1 is 1.42 bits per heavy atom. The smallest absolute Gasteiger partial charge is 0.0767 e. The van der Waals surface area contributed by atoms with E-state index in [2.05, 4.69) is 56.4 Å². The van der Waals surface area contributed by atoms with Crippen molar-refractivity contribution in [2.75, 3.05) is 0 Å². The van der Waals surface area contributed by atoms with E-state index in [1.54, 1.807) is 0 Å². The third-order valence-corrected chi connectivity index (χ3v) is 4.26. The molecule has 0 aliphatic heterocycles. The zero-order valence-electron chi connectivity index (χ0n) is 11.7. The highest BCUT2D eigenvalue weighted by Crippen LogP contribution is 2.24. The van der Waals surface area contributed by atoms with E-state index in [9.17, 15) is 0 Å². The van der Waals surface area contributed by atoms with Gasteiger partial charge in [-0.2, -0.15) is 5.10 Å². The van der Waals surface area contributed by atoms with Gasteiger partial charge in [-0.3, -0.25) is 4.68 Å². The van der Waals surface area contributed by atoms with Crippen LogP contribution in [-0.2, 0) is 19.5 Å². The molecule has 2 rings (SSSR count). The van der Waals surface area contributed by atoms with Gasteiger partial charge in [0.2, 0.25) is 0 Å². The van der Waals surface area contributed by atoms with Crippen molar-refractivity contribution >= 4 is 15.9 Å². The van der Waals surface area contributed by atoms with Crippen molar-refractivity contribution in [3.05, 3.63) is 39.9 Å². The van der Waals surface area contributed by atoms with Crippen molar-refractivity contribution in [3.8, 4) is 0 Å². The molecule has 2 aromatic heterocycles. The van der Waals surface area contributed by atoms with Gasteiger partial charge >= 0.3 is 0 Å². The van der Waals surface area contributed by atoms with E-state index in [1.807, 2.05) is 13.0 Å². The molecule has 0 radical (unpaired) electrons. The van der Waals surface area contributed by atoms with E-state index in [0.717, 1.165) is 35.4 Å². The molecule has 0 bridgehead atoms. The van der Waals surface area contributed by atoms with Gasteiger partial charge in [-0.25, -0.2) is 0 Å². The Hall–Kier alpha value is -1.07. The predicted octanol–water partition coefficient (Wildman–Crippen LogP) is 3.10. The van der Waals surface area contributed by atoms with Crippen LogP contribution in [0.25, 0.3) is 0 Å². The second kappa shape index (κ2) is 5.92. The van der Waals surface area contributed by atoms with Crippen LogP contribution in [0.1, 0.15) is 43.9 Å². The van der Waals surface area contributed by atoms with E-state index in [0.29, 0.717) is 0 Å². The minimum absolute atomic E-state index is 0.0393. The first-order chi connectivity index (χ1) is 9.08. The molecule has 0 fully saturated rings. The van der Waals surface area contributed by atoms with Crippen molar-refractivity contribution in [1.29, 1.82) is 0 Å². The van der Waals surface area contributed by atoms with Crippen molar-refractivity contribution in [1.82, 2.24) is 14.3 Å². The lowest BCUT2D eigenvalue weighted by Gasteiger charge is -2.13. The summed E-state index contributed by atoms with van der Waals surface area (Å²) in [5.41, 5.74) is 9.47. The van der Waals surface area contributed by atoms with Gasteiger partial charge < -0.3 is 10.3 Å². The molecule has 2 aromatic rings. The van der Waals surface area contributed by atoms with E-state index in [4.69, 9.17) is 5.73 Å². The predicted molar refractivity (Wildman–Crippen MR) is 81.1 cm³/mol. The zero-order valence-corrected chi connectivity index (χ0v) is 13.3. The van der Waals surface area contributed by atoms with Gasteiger partial charge in [0.25, 0.3) is 0 Å². The molecule has 1 unspecified atom stereocenters. The molecule has 0 aromatic carbocycles. The van der Waals surface area contributed by atoms with Crippen LogP contribution in [0.4, 0.5) is 0 Å². The fraction of sp³-hybridized carbons (Fsp3) is 0.500. The lowest BCUT2D eigenvalue weighted by Crippen LogP contribution is -2.14. The molecule has 2 N–H and O–H groups in total. The largest absolute Gasteiger partial charge is 0.344 e. The molecule has 0 aliphatic carbocycles. The highest BCUT2D eigenvalue weighted by Gasteiger charge is 2.15. The van der Waals surface area contributed by atoms with Crippen LogP contribution in [0.5, 0.6) is 0 Å². The standard InChI is InChI=1S/C14H21BrN4/c1-4-11-14(15)13(19(5-2)17-11)9-18-8-6-7-12(18)10(3)16/h6-8,10H,4-5,9,16H2,1-3H3. The molecule has 0 spiro atoms. The summed E-state index contributed by atoms with van der Waals surface area (Å²) in [5.74, 6) is 0. The number of hydrogen-bond acceptors (Lipinski definition) is 2. The first-order valence-electron chi connectivity index (χ1n) is 6.73. The SMILES string of the molecule is CCc1nn(CC)c(Cn2cccc2C(C)N)c1Br. The fourth-order valence-corrected chi connectivity index (χ4v) is 3.00. The average Bonchev–Trinajstić information content (AvgIpc) is 2.96. The summed E-state index contributed by atoms with van der Waals surface area (Å²) >= 11 is 3.68. The summed E-state index contributed by atoms with van der Waals surface area (Å²) in [6.07, 6.45) is 3.01. The number of aryl methyl sites for hydroxylation is 2. The Bertz CT molecular complexity index is 554. The molecule has 19 heavy (non-hydrogen) atoms. The summed E-state index contributed by atoms with van der Waals surface area (Å²) in [4.78, 5) is 0. The van der Waals surface area contributed by atoms with E-state index >= 15 is 0 Å². The second-order valence-corrected chi connectivity index (χ2v) is 5.52. The molecule has 104 valence electrons. The Labute approximate surface area is 122 Å². The van der Waals surface area contributed by atoms with E-state index in [1.165, 1.54) is 5.69 Å². The monoisotopic (exact) mass is 324 g/mol. The van der Waals surface area contributed by atoms with Crippen LogP contribution < -0.4 is 5.73 Å². The molecule has 5 heteroatoms. The van der Waals surface area contributed by atoms with Crippen LogP contribution in [0.2, 0.25) is 0 Å². The summed E-state index contributed by atoms with van der Waals surface area (Å²) in [6.45, 7) is 7.92. The molecule has 0 amide bonds. The highest BCUT2D eigenvalue weighted by atomic mass is 79.9. The maximum Gasteiger partial charge on any atom is 0.0767 e. The van der Waals surface area contributed by atoms with Crippen LogP contribution >= 0.6 is 15.9 Å².